The molecule has 1 aromatic carbocycles. The first-order valence-electron chi connectivity index (χ1n) is 8.45. The summed E-state index contributed by atoms with van der Waals surface area (Å²) in [5.41, 5.74) is 4.31. The maximum absolute atomic E-state index is 11.9. The van der Waals surface area contributed by atoms with E-state index in [1.807, 2.05) is 25.1 Å². The van der Waals surface area contributed by atoms with Crippen LogP contribution in [0.3, 0.4) is 0 Å². The number of carbonyl (C=O) groups is 1. The molecule has 0 unspecified atom stereocenters. The van der Waals surface area contributed by atoms with Crippen molar-refractivity contribution in [3.05, 3.63) is 53.2 Å². The topological polar surface area (TPSA) is 29.5 Å². The fraction of sp³-hybridized carbons (Fsp3) is 0.400. The van der Waals surface area contributed by atoms with Gasteiger partial charge in [0.05, 0.1) is 0 Å². The predicted molar refractivity (Wildman–Crippen MR) is 95.2 cm³/mol. The zero-order valence-electron chi connectivity index (χ0n) is 14.7. The molecule has 0 atom stereocenters. The molecule has 0 aromatic heterocycles. The molecule has 1 aliphatic rings. The van der Waals surface area contributed by atoms with Crippen LogP contribution in [0.2, 0.25) is 0 Å². The third-order valence-corrected chi connectivity index (χ3v) is 5.28. The molecule has 1 aliphatic heterocycles. The van der Waals surface area contributed by atoms with Crippen molar-refractivity contribution in [3.8, 4) is 0 Å². The molecule has 0 N–H and O–H groups in total. The van der Waals surface area contributed by atoms with E-state index in [0.717, 1.165) is 33.9 Å². The molecule has 24 heavy (non-hydrogen) atoms. The van der Waals surface area contributed by atoms with Gasteiger partial charge in [0.1, 0.15) is 0 Å². The minimum atomic E-state index is 0.0554. The first-order chi connectivity index (χ1) is 11.5. The summed E-state index contributed by atoms with van der Waals surface area (Å²) < 4.78 is 6.84. The van der Waals surface area contributed by atoms with Gasteiger partial charge in [-0.05, 0) is 0 Å². The van der Waals surface area contributed by atoms with Gasteiger partial charge < -0.3 is 0 Å². The Morgan fingerprint density at radius 1 is 1.21 bits per heavy atom. The Morgan fingerprint density at radius 2 is 1.83 bits per heavy atom. The van der Waals surface area contributed by atoms with E-state index in [9.17, 15) is 4.79 Å². The maximum atomic E-state index is 11.9. The Morgan fingerprint density at radius 3 is 2.38 bits per heavy atom. The molecule has 1 aromatic rings. The van der Waals surface area contributed by atoms with Crippen LogP contribution in [0.25, 0.3) is 5.57 Å². The van der Waals surface area contributed by atoms with Gasteiger partial charge in [-0.1, -0.05) is 0 Å². The summed E-state index contributed by atoms with van der Waals surface area (Å²) in [5, 5.41) is 0. The third-order valence-electron chi connectivity index (χ3n) is 4.12. The Hall–Kier alpha value is -1.31. The van der Waals surface area contributed by atoms with E-state index in [2.05, 4.69) is 24.0 Å². The van der Waals surface area contributed by atoms with Gasteiger partial charge in [-0.15, -0.1) is 0 Å². The van der Waals surface area contributed by atoms with Gasteiger partial charge >= 0.3 is 156 Å². The Kier molecular flexibility index (Phi) is 7.33. The fourth-order valence-corrected chi connectivity index (χ4v) is 4.34. The van der Waals surface area contributed by atoms with E-state index in [0.29, 0.717) is 6.61 Å². The van der Waals surface area contributed by atoms with E-state index in [4.69, 9.17) is 4.74 Å². The van der Waals surface area contributed by atoms with Crippen LogP contribution in [0.15, 0.2) is 47.7 Å². The number of nitrogens with zero attached hydrogens (tertiary/aromatic N) is 1. The number of ketones is 1. The second-order valence-corrected chi connectivity index (χ2v) is 7.24. The summed E-state index contributed by atoms with van der Waals surface area (Å²) in [5.74, 6) is 0.0554. The van der Waals surface area contributed by atoms with Gasteiger partial charge in [-0.3, -0.25) is 0 Å². The number of benzene rings is 1. The van der Waals surface area contributed by atoms with Crippen LogP contribution in [0, 0.1) is 0 Å². The monoisotopic (exact) mass is 495 g/mol. The molecule has 4 heteroatoms. The molecule has 1 saturated heterocycles. The van der Waals surface area contributed by atoms with Crippen molar-refractivity contribution < 1.29 is 28.9 Å². The molecule has 0 amide bonds. The van der Waals surface area contributed by atoms with Crippen molar-refractivity contribution in [2.24, 2.45) is 0 Å². The Balaban J connectivity index is 2.59. The van der Waals surface area contributed by atoms with Crippen molar-refractivity contribution in [3.63, 3.8) is 0 Å². The average molecular weight is 495 g/mol. The molecule has 0 aliphatic carbocycles. The van der Waals surface area contributed by atoms with Gasteiger partial charge in [0.15, 0.2) is 0 Å². The molecule has 0 saturated carbocycles. The summed E-state index contributed by atoms with van der Waals surface area (Å²) in [6.45, 7) is 8.55. The molecule has 1 fully saturated rings. The number of carbonyl (C=O) groups excluding carboxylic acids is 1. The van der Waals surface area contributed by atoms with Crippen LogP contribution in [0.4, 0.5) is 0 Å². The average Bonchev–Trinajstić information content (AvgIpc) is 3.09. The fourth-order valence-electron chi connectivity index (χ4n) is 2.99. The molecular formula is C20H25NO2W. The van der Waals surface area contributed by atoms with E-state index < -0.39 is 0 Å². The molecular weight excluding hydrogens is 470 g/mol. The summed E-state index contributed by atoms with van der Waals surface area (Å²) in [6, 6.07) is 10.1. The van der Waals surface area contributed by atoms with E-state index in [1.54, 1.807) is 13.0 Å². The van der Waals surface area contributed by atoms with Crippen LogP contribution in [0.1, 0.15) is 39.2 Å². The zero-order chi connectivity index (χ0) is 17.5. The van der Waals surface area contributed by atoms with Gasteiger partial charge in [0.25, 0.3) is 0 Å². The Labute approximate surface area is 155 Å². The van der Waals surface area contributed by atoms with Crippen molar-refractivity contribution in [2.75, 3.05) is 19.7 Å². The van der Waals surface area contributed by atoms with Crippen LogP contribution in [0.5, 0.6) is 0 Å². The molecule has 2 rings (SSSR count). The first-order valence-corrected chi connectivity index (χ1v) is 9.92. The number of likely N-dealkylation sites (tertiary alicyclic amines) is 1. The van der Waals surface area contributed by atoms with Crippen LogP contribution in [-0.2, 0) is 28.9 Å². The standard InChI is InChI=1S/C20H25NO2.W/c1-4-23-15-20(17(3)21-12-8-9-13-21)19(14-16(2)22)18-10-6-5-7-11-18;/h5-7,10-11,14H,4,8-9,12-13H2,1-3H3;. The third kappa shape index (κ3) is 4.84. The minimum absolute atomic E-state index is 0.0554. The molecule has 1 heterocycles. The number of ether oxygens (including phenoxy) is 1. The van der Waals surface area contributed by atoms with Gasteiger partial charge in [-0.2, -0.15) is 0 Å². The number of allylic oxidation sites excluding steroid dienone is 2. The molecule has 0 spiro atoms. The SMILES string of the molecule is CCO[C](=[W])C(C(=CC(C)=O)c1ccccc1)=C(C)N1CCCC1. The predicted octanol–water partition coefficient (Wildman–Crippen LogP) is 3.74. The van der Waals surface area contributed by atoms with E-state index >= 15 is 0 Å². The van der Waals surface area contributed by atoms with Gasteiger partial charge in [0, 0.05) is 0 Å². The normalized spacial score (nSPS) is 16.1. The molecule has 128 valence electrons. The Bertz CT molecular complexity index is 655. The molecule has 0 bridgehead atoms. The zero-order valence-corrected chi connectivity index (χ0v) is 17.6. The van der Waals surface area contributed by atoms with Gasteiger partial charge in [0.2, 0.25) is 0 Å². The second-order valence-electron chi connectivity index (χ2n) is 5.91. The first kappa shape index (κ1) is 19.0. The summed E-state index contributed by atoms with van der Waals surface area (Å²) in [7, 11) is 0. The number of hydrogen-bond acceptors (Lipinski definition) is 3. The van der Waals surface area contributed by atoms with Gasteiger partial charge in [-0.25, -0.2) is 0 Å². The van der Waals surface area contributed by atoms with Crippen molar-refractivity contribution in [1.29, 1.82) is 0 Å². The quantitative estimate of drug-likeness (QED) is 0.427. The number of rotatable bonds is 7. The van der Waals surface area contributed by atoms with Crippen LogP contribution < -0.4 is 0 Å². The second kappa shape index (κ2) is 9.24. The van der Waals surface area contributed by atoms with Crippen LogP contribution in [-0.4, -0.2) is 34.5 Å². The summed E-state index contributed by atoms with van der Waals surface area (Å²) in [6.07, 6.45) is 4.19. The molecule has 0 radical (unpaired) electrons. The van der Waals surface area contributed by atoms with E-state index in [1.165, 1.54) is 37.9 Å². The summed E-state index contributed by atoms with van der Waals surface area (Å²) >= 11 is 1.28. The number of hydrogen-bond donors (Lipinski definition) is 0. The van der Waals surface area contributed by atoms with Crippen LogP contribution >= 0.6 is 0 Å². The van der Waals surface area contributed by atoms with Crippen molar-refractivity contribution in [2.45, 2.75) is 33.6 Å². The summed E-state index contributed by atoms with van der Waals surface area (Å²) in [4.78, 5) is 14.3. The van der Waals surface area contributed by atoms with E-state index in [-0.39, 0.29) is 5.78 Å². The van der Waals surface area contributed by atoms with Crippen molar-refractivity contribution in [1.82, 2.24) is 4.90 Å². The van der Waals surface area contributed by atoms with Crippen molar-refractivity contribution >= 4 is 15.4 Å². The molecule has 3 nitrogen and oxygen atoms in total.